The van der Waals surface area contributed by atoms with Crippen LogP contribution in [0.3, 0.4) is 0 Å². The molecular formula is C33H25F3N4O4S. The van der Waals surface area contributed by atoms with Gasteiger partial charge >= 0.3 is 0 Å². The van der Waals surface area contributed by atoms with Crippen LogP contribution in [0.25, 0.3) is 55.8 Å². The van der Waals surface area contributed by atoms with Crippen LogP contribution in [0, 0.1) is 11.6 Å². The first-order valence-electron chi connectivity index (χ1n) is 13.9. The number of aromatic nitrogens is 2. The Morgan fingerprint density at radius 2 is 1.80 bits per heavy atom. The largest absolute Gasteiger partial charge is 0.455 e. The Kier molecular flexibility index (Phi) is 6.52. The standard InChI is InChI=1S/C33H25F3N4O4S/c1-37-33(41)30-22-13-21(27(39(2)45(3,42)43)15-29(22)44-32(30)17-7-9-18(34)10-8-17)25-12-11-19-24(36)16-40-26-6-4-5-23(35)20(26)14-28(40)31(19)38-25/h4-15,24H,16H2,1-3H3,(H,37,41). The Hall–Kier alpha value is -5.10. The minimum Gasteiger partial charge on any atom is -0.455 e. The first-order chi connectivity index (χ1) is 21.5. The molecule has 0 saturated heterocycles. The predicted octanol–water partition coefficient (Wildman–Crippen LogP) is 6.84. The SMILES string of the molecule is CNC(=O)c1c(-c2ccc(F)cc2)oc2cc(N(C)S(C)(=O)=O)c(-c3ccc4c(n3)-c3cc5c(F)cccc5n3CC4F)cc12. The first kappa shape index (κ1) is 28.7. The van der Waals surface area contributed by atoms with Gasteiger partial charge in [-0.1, -0.05) is 12.1 Å². The molecule has 6 aromatic rings. The van der Waals surface area contributed by atoms with Gasteiger partial charge in [0.05, 0.1) is 46.6 Å². The molecule has 0 aliphatic carbocycles. The Labute approximate surface area is 255 Å². The molecule has 7 rings (SSSR count). The molecule has 1 unspecified atom stereocenters. The molecule has 3 aromatic heterocycles. The van der Waals surface area contributed by atoms with Crippen molar-refractivity contribution < 1.29 is 30.8 Å². The summed E-state index contributed by atoms with van der Waals surface area (Å²) in [6, 6.07) is 18.0. The van der Waals surface area contributed by atoms with Crippen molar-refractivity contribution in [2.24, 2.45) is 0 Å². The van der Waals surface area contributed by atoms with Crippen molar-refractivity contribution in [3.8, 4) is 34.0 Å². The number of hydrogen-bond donors (Lipinski definition) is 1. The quantitative estimate of drug-likeness (QED) is 0.225. The molecule has 0 saturated carbocycles. The highest BCUT2D eigenvalue weighted by molar-refractivity contribution is 7.92. The van der Waals surface area contributed by atoms with Crippen LogP contribution in [-0.2, 0) is 16.6 Å². The minimum absolute atomic E-state index is 0.0129. The summed E-state index contributed by atoms with van der Waals surface area (Å²) in [5.41, 5.74) is 3.28. The maximum Gasteiger partial charge on any atom is 0.255 e. The second-order valence-electron chi connectivity index (χ2n) is 10.9. The highest BCUT2D eigenvalue weighted by atomic mass is 32.2. The van der Waals surface area contributed by atoms with E-state index in [2.05, 4.69) is 5.32 Å². The number of nitrogens with zero attached hydrogens (tertiary/aromatic N) is 3. The normalized spacial score (nSPS) is 14.4. The monoisotopic (exact) mass is 630 g/mol. The van der Waals surface area contributed by atoms with Crippen molar-refractivity contribution in [3.05, 3.63) is 95.6 Å². The zero-order valence-corrected chi connectivity index (χ0v) is 25.0. The van der Waals surface area contributed by atoms with Crippen molar-refractivity contribution in [2.45, 2.75) is 12.7 Å². The molecule has 0 spiro atoms. The number of rotatable bonds is 5. The van der Waals surface area contributed by atoms with Crippen LogP contribution < -0.4 is 9.62 Å². The van der Waals surface area contributed by atoms with Gasteiger partial charge in [-0.05, 0) is 54.6 Å². The summed E-state index contributed by atoms with van der Waals surface area (Å²) in [5, 5.41) is 3.29. The molecule has 1 N–H and O–H groups in total. The summed E-state index contributed by atoms with van der Waals surface area (Å²) >= 11 is 0. The first-order valence-corrected chi connectivity index (χ1v) is 15.8. The van der Waals surface area contributed by atoms with Gasteiger partial charge in [-0.15, -0.1) is 0 Å². The summed E-state index contributed by atoms with van der Waals surface area (Å²) in [7, 11) is -0.960. The zero-order valence-electron chi connectivity index (χ0n) is 24.2. The number of amides is 1. The van der Waals surface area contributed by atoms with E-state index in [1.165, 1.54) is 50.5 Å². The summed E-state index contributed by atoms with van der Waals surface area (Å²) in [4.78, 5) is 18.0. The van der Waals surface area contributed by atoms with Crippen LogP contribution in [0.1, 0.15) is 22.1 Å². The molecule has 12 heteroatoms. The molecule has 45 heavy (non-hydrogen) atoms. The Balaban J connectivity index is 1.51. The number of sulfonamides is 1. The minimum atomic E-state index is -3.80. The lowest BCUT2D eigenvalue weighted by Gasteiger charge is -2.24. The predicted molar refractivity (Wildman–Crippen MR) is 166 cm³/mol. The molecule has 8 nitrogen and oxygen atoms in total. The molecule has 228 valence electrons. The van der Waals surface area contributed by atoms with E-state index in [1.807, 2.05) is 0 Å². The lowest BCUT2D eigenvalue weighted by molar-refractivity contribution is 0.0964. The van der Waals surface area contributed by atoms with Crippen LogP contribution in [0.2, 0.25) is 0 Å². The topological polar surface area (TPSA) is 97.4 Å². The number of hydrogen-bond acceptors (Lipinski definition) is 5. The molecule has 4 heterocycles. The number of benzene rings is 3. The second-order valence-corrected chi connectivity index (χ2v) is 12.9. The zero-order chi connectivity index (χ0) is 31.8. The van der Waals surface area contributed by atoms with E-state index in [9.17, 15) is 22.0 Å². The van der Waals surface area contributed by atoms with E-state index in [1.54, 1.807) is 41.0 Å². The van der Waals surface area contributed by atoms with Gasteiger partial charge < -0.3 is 14.3 Å². The van der Waals surface area contributed by atoms with E-state index in [-0.39, 0.29) is 29.1 Å². The molecular weight excluding hydrogens is 605 g/mol. The number of halogens is 3. The van der Waals surface area contributed by atoms with Crippen molar-refractivity contribution in [1.29, 1.82) is 0 Å². The van der Waals surface area contributed by atoms with E-state index >= 15 is 4.39 Å². The highest BCUT2D eigenvalue weighted by Crippen LogP contribution is 2.44. The molecule has 0 fully saturated rings. The van der Waals surface area contributed by atoms with Gasteiger partial charge in [-0.25, -0.2) is 26.6 Å². The van der Waals surface area contributed by atoms with Gasteiger partial charge in [0.15, 0.2) is 0 Å². The van der Waals surface area contributed by atoms with Gasteiger partial charge in [0, 0.05) is 47.6 Å². The third kappa shape index (κ3) is 4.55. The third-order valence-electron chi connectivity index (χ3n) is 8.22. The average molecular weight is 631 g/mol. The van der Waals surface area contributed by atoms with E-state index < -0.39 is 33.7 Å². The molecule has 3 aromatic carbocycles. The van der Waals surface area contributed by atoms with Crippen molar-refractivity contribution in [1.82, 2.24) is 14.9 Å². The Morgan fingerprint density at radius 1 is 1.04 bits per heavy atom. The lowest BCUT2D eigenvalue weighted by Crippen LogP contribution is -2.25. The van der Waals surface area contributed by atoms with Crippen molar-refractivity contribution in [2.75, 3.05) is 24.7 Å². The number of fused-ring (bicyclic) bond motifs is 6. The van der Waals surface area contributed by atoms with E-state index in [0.717, 1.165) is 10.6 Å². The van der Waals surface area contributed by atoms with Crippen LogP contribution in [-0.4, -0.2) is 44.2 Å². The Bertz CT molecular complexity index is 2300. The average Bonchev–Trinajstić information content (AvgIpc) is 3.59. The van der Waals surface area contributed by atoms with Gasteiger partial charge in [0.25, 0.3) is 5.91 Å². The number of nitrogens with one attached hydrogen (secondary N) is 1. The maximum absolute atomic E-state index is 15.5. The number of alkyl halides is 1. The van der Waals surface area contributed by atoms with E-state index in [4.69, 9.17) is 9.40 Å². The van der Waals surface area contributed by atoms with Crippen LogP contribution >= 0.6 is 0 Å². The van der Waals surface area contributed by atoms with Crippen LogP contribution in [0.4, 0.5) is 18.9 Å². The molecule has 1 atom stereocenters. The smallest absolute Gasteiger partial charge is 0.255 e. The molecule has 1 aliphatic heterocycles. The molecule has 1 aliphatic rings. The summed E-state index contributed by atoms with van der Waals surface area (Å²) in [5.74, 6) is -1.22. The van der Waals surface area contributed by atoms with Gasteiger partial charge in [0.2, 0.25) is 10.0 Å². The summed E-state index contributed by atoms with van der Waals surface area (Å²) in [6.07, 6.45) is -0.371. The van der Waals surface area contributed by atoms with Crippen molar-refractivity contribution >= 4 is 43.5 Å². The third-order valence-corrected chi connectivity index (χ3v) is 9.41. The lowest BCUT2D eigenvalue weighted by atomic mass is 9.98. The number of pyridine rings is 1. The van der Waals surface area contributed by atoms with E-state index in [0.29, 0.717) is 50.1 Å². The number of carbonyl (C=O) groups is 1. The van der Waals surface area contributed by atoms with Gasteiger partial charge in [0.1, 0.15) is 29.1 Å². The number of carbonyl (C=O) groups excluding carboxylic acids is 1. The van der Waals surface area contributed by atoms with Crippen molar-refractivity contribution in [3.63, 3.8) is 0 Å². The summed E-state index contributed by atoms with van der Waals surface area (Å²) in [6.45, 7) is -0.0129. The van der Waals surface area contributed by atoms with Gasteiger partial charge in [-0.3, -0.25) is 9.10 Å². The molecule has 0 radical (unpaired) electrons. The maximum atomic E-state index is 15.5. The fourth-order valence-corrected chi connectivity index (χ4v) is 6.42. The van der Waals surface area contributed by atoms with Gasteiger partial charge in [-0.2, -0.15) is 0 Å². The highest BCUT2D eigenvalue weighted by Gasteiger charge is 2.30. The number of anilines is 1. The fourth-order valence-electron chi connectivity index (χ4n) is 5.91. The van der Waals surface area contributed by atoms with Crippen LogP contribution in [0.15, 0.2) is 77.2 Å². The Morgan fingerprint density at radius 3 is 2.51 bits per heavy atom. The molecule has 0 bridgehead atoms. The molecule has 1 amide bonds. The number of furan rings is 1. The summed E-state index contributed by atoms with van der Waals surface area (Å²) < 4.78 is 78.4. The fraction of sp³-hybridized carbons (Fsp3) is 0.152. The van der Waals surface area contributed by atoms with Crippen LogP contribution in [0.5, 0.6) is 0 Å². The second kappa shape index (κ2) is 10.2.